The molecule has 0 bridgehead atoms. The number of methoxy groups -OCH3 is 1. The number of hydrogen-bond acceptors (Lipinski definition) is 6. The van der Waals surface area contributed by atoms with E-state index in [9.17, 15) is 9.18 Å². The van der Waals surface area contributed by atoms with Crippen LogP contribution in [-0.2, 0) is 4.74 Å². The predicted molar refractivity (Wildman–Crippen MR) is 99.9 cm³/mol. The van der Waals surface area contributed by atoms with Crippen LogP contribution >= 0.6 is 0 Å². The summed E-state index contributed by atoms with van der Waals surface area (Å²) in [6.07, 6.45) is 1.57. The summed E-state index contributed by atoms with van der Waals surface area (Å²) in [6.45, 7) is 5.17. The van der Waals surface area contributed by atoms with E-state index in [-0.39, 0.29) is 23.9 Å². The van der Waals surface area contributed by atoms with Crippen molar-refractivity contribution in [3.63, 3.8) is 0 Å². The first-order valence-electron chi connectivity index (χ1n) is 9.59. The lowest BCUT2D eigenvalue weighted by atomic mass is 9.93. The molecule has 7 nitrogen and oxygen atoms in total. The molecule has 0 aromatic heterocycles. The van der Waals surface area contributed by atoms with E-state index in [0.29, 0.717) is 37.1 Å². The summed E-state index contributed by atoms with van der Waals surface area (Å²) in [5, 5.41) is 3.59. The number of ether oxygens (including phenoxy) is 2. The quantitative estimate of drug-likeness (QED) is 0.699. The van der Waals surface area contributed by atoms with E-state index >= 15 is 0 Å². The molecule has 2 unspecified atom stereocenters. The minimum absolute atomic E-state index is 0.0944. The van der Waals surface area contributed by atoms with Crippen LogP contribution in [0.3, 0.4) is 0 Å². The number of likely N-dealkylation sites (tertiary alicyclic amines) is 1. The van der Waals surface area contributed by atoms with Crippen molar-refractivity contribution >= 4 is 6.09 Å². The van der Waals surface area contributed by atoms with E-state index in [4.69, 9.17) is 9.47 Å². The number of nitrogens with zero attached hydrogens (tertiary/aromatic N) is 1. The maximum atomic E-state index is 14.4. The van der Waals surface area contributed by atoms with Crippen LogP contribution in [-0.4, -0.2) is 56.9 Å². The van der Waals surface area contributed by atoms with Crippen molar-refractivity contribution < 1.29 is 18.7 Å². The summed E-state index contributed by atoms with van der Waals surface area (Å²) in [7, 11) is 1.53. The van der Waals surface area contributed by atoms with Crippen LogP contribution in [0.5, 0.6) is 5.75 Å². The van der Waals surface area contributed by atoms with Gasteiger partial charge in [0.2, 0.25) is 0 Å². The Balaban J connectivity index is 1.50. The van der Waals surface area contributed by atoms with Gasteiger partial charge in [-0.1, -0.05) is 6.07 Å². The number of hydrogen-bond donors (Lipinski definition) is 3. The van der Waals surface area contributed by atoms with Gasteiger partial charge in [-0.15, -0.1) is 0 Å². The average molecular weight is 380 g/mol. The highest BCUT2D eigenvalue weighted by Crippen LogP contribution is 2.29. The Morgan fingerprint density at radius 1 is 1.37 bits per heavy atom. The molecule has 150 valence electrons. The van der Waals surface area contributed by atoms with Crippen molar-refractivity contribution in [2.75, 3.05) is 39.9 Å². The molecule has 2 atom stereocenters. The summed E-state index contributed by atoms with van der Waals surface area (Å²) in [6, 6.07) is 5.25. The number of hydrazine groups is 1. The van der Waals surface area contributed by atoms with Gasteiger partial charge in [0.05, 0.1) is 19.8 Å². The monoisotopic (exact) mass is 380 g/mol. The third-order valence-corrected chi connectivity index (χ3v) is 5.33. The number of rotatable bonds is 6. The molecule has 2 aliphatic rings. The number of benzene rings is 1. The van der Waals surface area contributed by atoms with Crippen LogP contribution in [0.4, 0.5) is 9.18 Å². The van der Waals surface area contributed by atoms with Crippen molar-refractivity contribution in [1.29, 1.82) is 0 Å². The first-order valence-corrected chi connectivity index (χ1v) is 9.59. The van der Waals surface area contributed by atoms with Crippen molar-refractivity contribution in [2.45, 2.75) is 31.8 Å². The molecule has 0 spiro atoms. The fourth-order valence-corrected chi connectivity index (χ4v) is 3.74. The Hall–Kier alpha value is -1.90. The molecule has 1 aromatic rings. The normalized spacial score (nSPS) is 23.4. The second-order valence-electron chi connectivity index (χ2n) is 7.02. The van der Waals surface area contributed by atoms with E-state index in [1.54, 1.807) is 17.0 Å². The molecule has 8 heteroatoms. The van der Waals surface area contributed by atoms with E-state index in [1.165, 1.54) is 13.2 Å². The minimum atomic E-state index is -0.261. The van der Waals surface area contributed by atoms with Gasteiger partial charge >= 0.3 is 6.09 Å². The summed E-state index contributed by atoms with van der Waals surface area (Å²) in [4.78, 5) is 13.5. The zero-order chi connectivity index (χ0) is 19.2. The molecular formula is C19H29FN4O3. The molecule has 0 saturated carbocycles. The molecule has 0 radical (unpaired) electrons. The lowest BCUT2D eigenvalue weighted by molar-refractivity contribution is 0.0947. The summed E-state index contributed by atoms with van der Waals surface area (Å²) < 4.78 is 24.6. The van der Waals surface area contributed by atoms with Crippen LogP contribution in [0, 0.1) is 11.7 Å². The average Bonchev–Trinajstić information content (AvgIpc) is 3.15. The summed E-state index contributed by atoms with van der Waals surface area (Å²) in [5.41, 5.74) is 6.97. The van der Waals surface area contributed by atoms with Crippen LogP contribution in [0.2, 0.25) is 0 Å². The maximum Gasteiger partial charge on any atom is 0.409 e. The third kappa shape index (κ3) is 4.88. The molecule has 2 heterocycles. The smallest absolute Gasteiger partial charge is 0.409 e. The molecule has 2 saturated heterocycles. The fourth-order valence-electron chi connectivity index (χ4n) is 3.74. The molecule has 3 N–H and O–H groups in total. The highest BCUT2D eigenvalue weighted by atomic mass is 19.1. The predicted octanol–water partition coefficient (Wildman–Crippen LogP) is 1.81. The van der Waals surface area contributed by atoms with Gasteiger partial charge < -0.3 is 19.7 Å². The first-order chi connectivity index (χ1) is 13.1. The number of nitrogens with one attached hydrogen (secondary N) is 3. The first kappa shape index (κ1) is 19.9. The minimum Gasteiger partial charge on any atom is -0.497 e. The van der Waals surface area contributed by atoms with Crippen LogP contribution in [0.15, 0.2) is 18.2 Å². The Kier molecular flexibility index (Phi) is 6.87. The van der Waals surface area contributed by atoms with Gasteiger partial charge in [-0.2, -0.15) is 0 Å². The van der Waals surface area contributed by atoms with E-state index < -0.39 is 0 Å². The molecule has 2 fully saturated rings. The highest BCUT2D eigenvalue weighted by molar-refractivity contribution is 5.67. The van der Waals surface area contributed by atoms with Crippen molar-refractivity contribution in [3.8, 4) is 5.75 Å². The number of piperidine rings is 1. The lowest BCUT2D eigenvalue weighted by Gasteiger charge is -2.32. The molecule has 3 rings (SSSR count). The second kappa shape index (κ2) is 9.34. The SMILES string of the molecule is CCOC(=O)N1CCC(NCC2CNNC2c2ccc(OC)cc2F)CC1. The highest BCUT2D eigenvalue weighted by Gasteiger charge is 2.31. The van der Waals surface area contributed by atoms with Gasteiger partial charge in [0, 0.05) is 49.8 Å². The number of halogens is 1. The van der Waals surface area contributed by atoms with E-state index in [2.05, 4.69) is 16.2 Å². The Bertz CT molecular complexity index is 637. The van der Waals surface area contributed by atoms with Crippen molar-refractivity contribution in [1.82, 2.24) is 21.1 Å². The zero-order valence-electron chi connectivity index (χ0n) is 16.0. The summed E-state index contributed by atoms with van der Waals surface area (Å²) in [5.74, 6) is 0.490. The summed E-state index contributed by atoms with van der Waals surface area (Å²) >= 11 is 0. The fraction of sp³-hybridized carbons (Fsp3) is 0.632. The third-order valence-electron chi connectivity index (χ3n) is 5.33. The van der Waals surface area contributed by atoms with Crippen molar-refractivity contribution in [3.05, 3.63) is 29.6 Å². The van der Waals surface area contributed by atoms with Gasteiger partial charge in [0.1, 0.15) is 11.6 Å². The maximum absolute atomic E-state index is 14.4. The second-order valence-corrected chi connectivity index (χ2v) is 7.02. The van der Waals surface area contributed by atoms with Gasteiger partial charge in [-0.25, -0.2) is 14.6 Å². The van der Waals surface area contributed by atoms with Gasteiger partial charge in [0.25, 0.3) is 0 Å². The van der Waals surface area contributed by atoms with Crippen molar-refractivity contribution in [2.24, 2.45) is 5.92 Å². The number of amides is 1. The Morgan fingerprint density at radius 2 is 2.15 bits per heavy atom. The van der Waals surface area contributed by atoms with E-state index in [0.717, 1.165) is 25.9 Å². The zero-order valence-corrected chi connectivity index (χ0v) is 16.0. The topological polar surface area (TPSA) is 74.9 Å². The van der Waals surface area contributed by atoms with Crippen LogP contribution in [0.25, 0.3) is 0 Å². The van der Waals surface area contributed by atoms with E-state index in [1.807, 2.05) is 6.92 Å². The molecule has 27 heavy (non-hydrogen) atoms. The largest absolute Gasteiger partial charge is 0.497 e. The number of carbonyl (C=O) groups excluding carboxylic acids is 1. The Morgan fingerprint density at radius 3 is 2.81 bits per heavy atom. The molecular weight excluding hydrogens is 351 g/mol. The van der Waals surface area contributed by atoms with Gasteiger partial charge in [-0.3, -0.25) is 5.43 Å². The molecule has 1 amide bonds. The molecule has 2 aliphatic heterocycles. The number of carbonyl (C=O) groups is 1. The molecule has 0 aliphatic carbocycles. The van der Waals surface area contributed by atoms with Gasteiger partial charge in [0.15, 0.2) is 0 Å². The van der Waals surface area contributed by atoms with Crippen LogP contribution in [0.1, 0.15) is 31.4 Å². The Labute approximate surface area is 159 Å². The molecule has 1 aromatic carbocycles. The lowest BCUT2D eigenvalue weighted by Crippen LogP contribution is -2.46. The standard InChI is InChI=1S/C19H29FN4O3/c1-3-27-19(25)24-8-6-14(7-9-24)21-11-13-12-22-23-18(13)16-5-4-15(26-2)10-17(16)20/h4-5,10,13-14,18,21-23H,3,6-9,11-12H2,1-2H3. The van der Waals surface area contributed by atoms with Gasteiger partial charge in [-0.05, 0) is 25.8 Å². The van der Waals surface area contributed by atoms with Crippen LogP contribution < -0.4 is 20.9 Å².